The van der Waals surface area contributed by atoms with E-state index in [4.69, 9.17) is 0 Å². The van der Waals surface area contributed by atoms with Gasteiger partial charge in [0.1, 0.15) is 6.04 Å². The minimum Gasteiger partial charge on any atom is -0.354 e. The van der Waals surface area contributed by atoms with Gasteiger partial charge in [0.05, 0.1) is 6.04 Å². The first-order valence-corrected chi connectivity index (χ1v) is 8.11. The second-order valence-electron chi connectivity index (χ2n) is 6.03. The molecule has 19 heavy (non-hydrogen) atoms. The molecule has 2 atom stereocenters. The van der Waals surface area contributed by atoms with Crippen molar-refractivity contribution in [2.24, 2.45) is 16.8 Å². The Morgan fingerprint density at radius 1 is 1.32 bits per heavy atom. The van der Waals surface area contributed by atoms with E-state index < -0.39 is 0 Å². The van der Waals surface area contributed by atoms with E-state index in [1.165, 1.54) is 0 Å². The van der Waals surface area contributed by atoms with Crippen molar-refractivity contribution in [3.8, 4) is 0 Å². The summed E-state index contributed by atoms with van der Waals surface area (Å²) in [6.07, 6.45) is 1.12. The Morgan fingerprint density at radius 3 is 2.58 bits per heavy atom. The van der Waals surface area contributed by atoms with Crippen LogP contribution in [0, 0.1) is 11.8 Å². The second-order valence-corrected chi connectivity index (χ2v) is 7.04. The molecule has 1 rings (SSSR count). The summed E-state index contributed by atoms with van der Waals surface area (Å²) >= 11 is 1.72. The number of hydrogen-bond acceptors (Lipinski definition) is 4. The molecule has 1 aliphatic rings. The molecule has 0 radical (unpaired) electrons. The summed E-state index contributed by atoms with van der Waals surface area (Å²) in [5.74, 6) is 2.22. The molecule has 0 spiro atoms. The summed E-state index contributed by atoms with van der Waals surface area (Å²) in [5.41, 5.74) is 0. The van der Waals surface area contributed by atoms with Crippen LogP contribution >= 0.6 is 11.8 Å². The molecule has 2 N–H and O–H groups in total. The molecular weight excluding hydrogens is 258 g/mol. The zero-order chi connectivity index (χ0) is 14.4. The van der Waals surface area contributed by atoms with Crippen molar-refractivity contribution < 1.29 is 4.79 Å². The highest BCUT2D eigenvalue weighted by atomic mass is 32.2. The monoisotopic (exact) mass is 285 g/mol. The number of nitrogens with one attached hydrogen (secondary N) is 2. The topological polar surface area (TPSA) is 53.5 Å². The van der Waals surface area contributed by atoms with Crippen molar-refractivity contribution in [2.75, 3.05) is 12.3 Å². The zero-order valence-corrected chi connectivity index (χ0v) is 13.5. The molecule has 0 saturated carbocycles. The van der Waals surface area contributed by atoms with Crippen molar-refractivity contribution in [3.05, 3.63) is 0 Å². The first kappa shape index (κ1) is 16.3. The average Bonchev–Trinajstić information content (AvgIpc) is 2.72. The van der Waals surface area contributed by atoms with E-state index in [-0.39, 0.29) is 11.9 Å². The highest BCUT2D eigenvalue weighted by molar-refractivity contribution is 8.14. The molecule has 0 saturated heterocycles. The highest BCUT2D eigenvalue weighted by Crippen LogP contribution is 2.21. The molecule has 2 unspecified atom stereocenters. The Bertz CT molecular complexity index is 329. The van der Waals surface area contributed by atoms with Crippen LogP contribution in [0.3, 0.4) is 0 Å². The van der Waals surface area contributed by atoms with E-state index in [0.717, 1.165) is 23.9 Å². The summed E-state index contributed by atoms with van der Waals surface area (Å²) in [6.45, 7) is 11.2. The predicted octanol–water partition coefficient (Wildman–Crippen LogP) is 2.25. The van der Waals surface area contributed by atoms with Crippen LogP contribution in [0.5, 0.6) is 0 Å². The first-order chi connectivity index (χ1) is 8.88. The smallest absolute Gasteiger partial charge is 0.242 e. The van der Waals surface area contributed by atoms with Crippen molar-refractivity contribution in [1.82, 2.24) is 10.6 Å². The third-order valence-corrected chi connectivity index (χ3v) is 3.92. The van der Waals surface area contributed by atoms with Gasteiger partial charge >= 0.3 is 0 Å². The molecule has 0 bridgehead atoms. The standard InChI is InChI=1S/C14H27N3OS/c1-9(2)6-12-8-19-14(17-12)16-11(5)13(18)15-7-10(3)4/h9-12H,6-8H2,1-5H3,(H,15,18)(H,16,17). The van der Waals surface area contributed by atoms with Gasteiger partial charge in [-0.15, -0.1) is 0 Å². The molecule has 0 fully saturated rings. The van der Waals surface area contributed by atoms with Crippen LogP contribution in [0.25, 0.3) is 0 Å². The van der Waals surface area contributed by atoms with Crippen LogP contribution < -0.4 is 10.6 Å². The van der Waals surface area contributed by atoms with Crippen LogP contribution in [0.15, 0.2) is 4.99 Å². The number of carbonyl (C=O) groups excluding carboxylic acids is 1. The fourth-order valence-corrected chi connectivity index (χ4v) is 2.91. The van der Waals surface area contributed by atoms with Crippen molar-refractivity contribution >= 4 is 22.8 Å². The Morgan fingerprint density at radius 2 is 2.00 bits per heavy atom. The maximum atomic E-state index is 11.9. The Labute approximate surface area is 121 Å². The van der Waals surface area contributed by atoms with Crippen molar-refractivity contribution in [1.29, 1.82) is 0 Å². The Hall–Kier alpha value is -0.710. The Kier molecular flexibility index (Phi) is 6.69. The molecule has 1 amide bonds. The van der Waals surface area contributed by atoms with Crippen molar-refractivity contribution in [2.45, 2.75) is 53.1 Å². The van der Waals surface area contributed by atoms with Gasteiger partial charge in [-0.2, -0.15) is 0 Å². The average molecular weight is 285 g/mol. The number of rotatable bonds is 6. The van der Waals surface area contributed by atoms with Crippen LogP contribution in [0.1, 0.15) is 41.0 Å². The van der Waals surface area contributed by atoms with Gasteiger partial charge in [-0.1, -0.05) is 39.5 Å². The molecule has 0 aromatic carbocycles. The quantitative estimate of drug-likeness (QED) is 0.787. The minimum atomic E-state index is -0.220. The van der Waals surface area contributed by atoms with Gasteiger partial charge in [0.2, 0.25) is 5.91 Å². The second kappa shape index (κ2) is 7.78. The van der Waals surface area contributed by atoms with E-state index in [2.05, 4.69) is 43.3 Å². The number of nitrogens with zero attached hydrogens (tertiary/aromatic N) is 1. The van der Waals surface area contributed by atoms with Gasteiger partial charge in [0.15, 0.2) is 5.17 Å². The number of aliphatic imine (C=N–C) groups is 1. The molecule has 0 aromatic heterocycles. The molecule has 0 aliphatic carbocycles. The lowest BCUT2D eigenvalue weighted by molar-refractivity contribution is -0.122. The lowest BCUT2D eigenvalue weighted by Gasteiger charge is -2.15. The maximum absolute atomic E-state index is 11.9. The number of hydrogen-bond donors (Lipinski definition) is 2. The lowest BCUT2D eigenvalue weighted by atomic mass is 10.1. The van der Waals surface area contributed by atoms with Gasteiger partial charge < -0.3 is 10.6 Å². The fourth-order valence-electron chi connectivity index (χ4n) is 1.87. The normalized spacial score (nSPS) is 20.6. The number of thioether (sulfide) groups is 1. The minimum absolute atomic E-state index is 0.0457. The molecular formula is C14H27N3OS. The third-order valence-electron chi connectivity index (χ3n) is 2.87. The summed E-state index contributed by atoms with van der Waals surface area (Å²) in [4.78, 5) is 16.5. The molecule has 0 aromatic rings. The van der Waals surface area contributed by atoms with Crippen LogP contribution in [0.4, 0.5) is 0 Å². The number of amides is 1. The summed E-state index contributed by atoms with van der Waals surface area (Å²) < 4.78 is 0. The molecule has 4 nitrogen and oxygen atoms in total. The van der Waals surface area contributed by atoms with E-state index >= 15 is 0 Å². The van der Waals surface area contributed by atoms with E-state index in [9.17, 15) is 4.79 Å². The van der Waals surface area contributed by atoms with Gasteiger partial charge in [-0.25, -0.2) is 0 Å². The third kappa shape index (κ3) is 6.32. The summed E-state index contributed by atoms with van der Waals surface area (Å²) in [6, 6.07) is 0.182. The predicted molar refractivity (Wildman–Crippen MR) is 83.6 cm³/mol. The largest absolute Gasteiger partial charge is 0.354 e. The molecule has 110 valence electrons. The maximum Gasteiger partial charge on any atom is 0.242 e. The first-order valence-electron chi connectivity index (χ1n) is 7.13. The van der Waals surface area contributed by atoms with E-state index in [1.54, 1.807) is 11.8 Å². The van der Waals surface area contributed by atoms with Gasteiger partial charge in [0.25, 0.3) is 0 Å². The zero-order valence-electron chi connectivity index (χ0n) is 12.7. The van der Waals surface area contributed by atoms with Gasteiger partial charge in [-0.05, 0) is 25.2 Å². The van der Waals surface area contributed by atoms with Gasteiger partial charge in [-0.3, -0.25) is 9.79 Å². The van der Waals surface area contributed by atoms with Crippen LogP contribution in [-0.4, -0.2) is 35.5 Å². The van der Waals surface area contributed by atoms with Gasteiger partial charge in [0, 0.05) is 12.3 Å². The highest BCUT2D eigenvalue weighted by Gasteiger charge is 2.22. The fraction of sp³-hybridized carbons (Fsp3) is 0.857. The van der Waals surface area contributed by atoms with Crippen LogP contribution in [-0.2, 0) is 4.79 Å². The van der Waals surface area contributed by atoms with Crippen LogP contribution in [0.2, 0.25) is 0 Å². The summed E-state index contributed by atoms with van der Waals surface area (Å²) in [5, 5.41) is 7.05. The summed E-state index contributed by atoms with van der Waals surface area (Å²) in [7, 11) is 0. The van der Waals surface area contributed by atoms with Crippen molar-refractivity contribution in [3.63, 3.8) is 0 Å². The molecule has 5 heteroatoms. The van der Waals surface area contributed by atoms with E-state index in [0.29, 0.717) is 17.9 Å². The SMILES string of the molecule is CC(C)CNC(=O)C(C)NC1=NC(CC(C)C)CS1. The van der Waals surface area contributed by atoms with E-state index in [1.807, 2.05) is 6.92 Å². The number of carbonyl (C=O) groups is 1. The lowest BCUT2D eigenvalue weighted by Crippen LogP contribution is -2.44. The molecule has 1 aliphatic heterocycles. The molecule has 1 heterocycles. The Balaban J connectivity index is 2.36. The number of amidine groups is 1.